The van der Waals surface area contributed by atoms with E-state index in [0.717, 1.165) is 11.8 Å². The van der Waals surface area contributed by atoms with Crippen LogP contribution in [0, 0.1) is 0 Å². The van der Waals surface area contributed by atoms with Crippen LogP contribution in [-0.4, -0.2) is 29.6 Å². The van der Waals surface area contributed by atoms with E-state index >= 15 is 0 Å². The molecule has 106 valence electrons. The highest BCUT2D eigenvalue weighted by Crippen LogP contribution is 2.28. The van der Waals surface area contributed by atoms with Crippen molar-refractivity contribution in [3.63, 3.8) is 0 Å². The fraction of sp³-hybridized carbons (Fsp3) is 0.462. The van der Waals surface area contributed by atoms with Crippen LogP contribution in [0.3, 0.4) is 0 Å². The molecule has 0 heterocycles. The summed E-state index contributed by atoms with van der Waals surface area (Å²) in [5.74, 6) is -3.41. The lowest BCUT2D eigenvalue weighted by molar-refractivity contribution is -0.0333. The third-order valence-electron chi connectivity index (χ3n) is 2.40. The molecule has 0 aliphatic heterocycles. The molecule has 0 spiro atoms. The van der Waals surface area contributed by atoms with Crippen LogP contribution in [-0.2, 0) is 0 Å². The standard InChI is InChI=1S/C13H14F4OS/c14-9-11(15)8-13(16,17)6-7-19-12(18)10-4-2-1-3-5-10/h1-5,11H,6-9H2. The van der Waals surface area contributed by atoms with Crippen LogP contribution in [0.2, 0.25) is 0 Å². The number of halogens is 4. The Balaban J connectivity index is 2.35. The van der Waals surface area contributed by atoms with Gasteiger partial charge < -0.3 is 0 Å². The zero-order valence-electron chi connectivity index (χ0n) is 10.1. The SMILES string of the molecule is O=C(SCCC(F)(F)CC(F)CF)c1ccccc1. The first-order valence-electron chi connectivity index (χ1n) is 5.74. The minimum atomic E-state index is -3.28. The Kier molecular flexibility index (Phi) is 6.34. The van der Waals surface area contributed by atoms with E-state index in [1.54, 1.807) is 30.3 Å². The molecule has 1 aromatic rings. The molecule has 1 atom stereocenters. The predicted molar refractivity (Wildman–Crippen MR) is 68.3 cm³/mol. The number of thioether (sulfide) groups is 1. The third kappa shape index (κ3) is 6.09. The number of carbonyl (C=O) groups excluding carboxylic acids is 1. The molecule has 0 radical (unpaired) electrons. The highest BCUT2D eigenvalue weighted by Gasteiger charge is 2.32. The van der Waals surface area contributed by atoms with E-state index in [2.05, 4.69) is 0 Å². The molecule has 6 heteroatoms. The van der Waals surface area contributed by atoms with E-state index in [1.807, 2.05) is 0 Å². The largest absolute Gasteiger partial charge is 0.282 e. The lowest BCUT2D eigenvalue weighted by Gasteiger charge is -2.16. The Morgan fingerprint density at radius 2 is 1.89 bits per heavy atom. The van der Waals surface area contributed by atoms with Gasteiger partial charge in [-0.1, -0.05) is 42.1 Å². The zero-order valence-corrected chi connectivity index (χ0v) is 10.9. The molecule has 1 rings (SSSR count). The molecular weight excluding hydrogens is 280 g/mol. The molecule has 0 aromatic heterocycles. The number of alkyl halides is 4. The van der Waals surface area contributed by atoms with E-state index in [9.17, 15) is 22.4 Å². The van der Waals surface area contributed by atoms with Crippen molar-refractivity contribution in [2.24, 2.45) is 0 Å². The predicted octanol–water partition coefficient (Wildman–Crippen LogP) is 4.28. The Bertz CT molecular complexity index is 397. The maximum absolute atomic E-state index is 13.2. The van der Waals surface area contributed by atoms with Crippen LogP contribution in [0.5, 0.6) is 0 Å². The van der Waals surface area contributed by atoms with E-state index in [1.165, 1.54) is 0 Å². The minimum absolute atomic E-state index is 0.125. The van der Waals surface area contributed by atoms with Crippen LogP contribution in [0.1, 0.15) is 23.2 Å². The summed E-state index contributed by atoms with van der Waals surface area (Å²) in [7, 11) is 0. The van der Waals surface area contributed by atoms with Gasteiger partial charge in [0.15, 0.2) is 0 Å². The Morgan fingerprint density at radius 1 is 1.26 bits per heavy atom. The summed E-state index contributed by atoms with van der Waals surface area (Å²) in [6.07, 6.45) is -3.93. The second-order valence-electron chi connectivity index (χ2n) is 4.06. The van der Waals surface area contributed by atoms with Gasteiger partial charge in [-0.05, 0) is 0 Å². The molecule has 0 fully saturated rings. The molecule has 0 N–H and O–H groups in total. The van der Waals surface area contributed by atoms with E-state index in [4.69, 9.17) is 0 Å². The summed E-state index contributed by atoms with van der Waals surface area (Å²) >= 11 is 0.756. The molecule has 19 heavy (non-hydrogen) atoms. The van der Waals surface area contributed by atoms with Gasteiger partial charge in [-0.25, -0.2) is 17.6 Å². The molecular formula is C13H14F4OS. The van der Waals surface area contributed by atoms with Crippen molar-refractivity contribution in [1.29, 1.82) is 0 Å². The summed E-state index contributed by atoms with van der Waals surface area (Å²) in [6.45, 7) is -1.41. The van der Waals surface area contributed by atoms with Gasteiger partial charge in [0.05, 0.1) is 0 Å². The van der Waals surface area contributed by atoms with E-state index in [0.29, 0.717) is 5.56 Å². The Hall–Kier alpha value is -1.04. The molecule has 1 nitrogen and oxygen atoms in total. The Labute approximate surface area is 113 Å². The molecule has 0 bridgehead atoms. The van der Waals surface area contributed by atoms with Gasteiger partial charge in [-0.3, -0.25) is 4.79 Å². The zero-order chi connectivity index (χ0) is 14.3. The van der Waals surface area contributed by atoms with Crippen LogP contribution < -0.4 is 0 Å². The second-order valence-corrected chi connectivity index (χ2v) is 5.13. The van der Waals surface area contributed by atoms with Crippen molar-refractivity contribution >= 4 is 16.9 Å². The van der Waals surface area contributed by atoms with Gasteiger partial charge in [-0.2, -0.15) is 0 Å². The average molecular weight is 294 g/mol. The van der Waals surface area contributed by atoms with Crippen molar-refractivity contribution in [2.75, 3.05) is 12.4 Å². The van der Waals surface area contributed by atoms with Gasteiger partial charge in [-0.15, -0.1) is 0 Å². The summed E-state index contributed by atoms with van der Waals surface area (Å²) in [4.78, 5) is 11.6. The number of rotatable bonds is 7. The first-order chi connectivity index (χ1) is 8.94. The highest BCUT2D eigenvalue weighted by molar-refractivity contribution is 8.14. The van der Waals surface area contributed by atoms with Crippen molar-refractivity contribution in [3.8, 4) is 0 Å². The summed E-state index contributed by atoms with van der Waals surface area (Å²) in [5.41, 5.74) is 0.433. The van der Waals surface area contributed by atoms with Gasteiger partial charge >= 0.3 is 0 Å². The van der Waals surface area contributed by atoms with Crippen molar-refractivity contribution in [2.45, 2.75) is 24.9 Å². The lowest BCUT2D eigenvalue weighted by atomic mass is 10.1. The third-order valence-corrected chi connectivity index (χ3v) is 3.30. The van der Waals surface area contributed by atoms with Crippen LogP contribution in [0.15, 0.2) is 30.3 Å². The quantitative estimate of drug-likeness (QED) is 0.698. The normalized spacial score (nSPS) is 13.3. The number of hydrogen-bond acceptors (Lipinski definition) is 2. The van der Waals surface area contributed by atoms with Gasteiger partial charge in [0.1, 0.15) is 12.8 Å². The molecule has 0 amide bonds. The number of benzene rings is 1. The summed E-state index contributed by atoms with van der Waals surface area (Å²) in [5, 5.41) is -0.307. The average Bonchev–Trinajstić information content (AvgIpc) is 2.38. The van der Waals surface area contributed by atoms with Gasteiger partial charge in [0.25, 0.3) is 5.92 Å². The van der Waals surface area contributed by atoms with E-state index < -0.39 is 31.6 Å². The topological polar surface area (TPSA) is 17.1 Å². The monoisotopic (exact) mass is 294 g/mol. The summed E-state index contributed by atoms with van der Waals surface area (Å²) < 4.78 is 50.7. The maximum Gasteiger partial charge on any atom is 0.251 e. The smallest absolute Gasteiger partial charge is 0.251 e. The first kappa shape index (κ1) is 16.0. The van der Waals surface area contributed by atoms with Crippen molar-refractivity contribution < 1.29 is 22.4 Å². The molecule has 0 saturated carbocycles. The van der Waals surface area contributed by atoms with E-state index in [-0.39, 0.29) is 10.9 Å². The highest BCUT2D eigenvalue weighted by atomic mass is 32.2. The lowest BCUT2D eigenvalue weighted by Crippen LogP contribution is -2.23. The molecule has 1 unspecified atom stereocenters. The first-order valence-corrected chi connectivity index (χ1v) is 6.73. The number of carbonyl (C=O) groups is 1. The molecule has 0 saturated heterocycles. The maximum atomic E-state index is 13.2. The Morgan fingerprint density at radius 3 is 2.47 bits per heavy atom. The fourth-order valence-corrected chi connectivity index (χ4v) is 2.32. The number of hydrogen-bond donors (Lipinski definition) is 0. The fourth-order valence-electron chi connectivity index (χ4n) is 1.43. The summed E-state index contributed by atoms with van der Waals surface area (Å²) in [6, 6.07) is 8.28. The van der Waals surface area contributed by atoms with Gasteiger partial charge in [0.2, 0.25) is 5.12 Å². The minimum Gasteiger partial charge on any atom is -0.282 e. The molecule has 0 aliphatic rings. The molecule has 1 aromatic carbocycles. The van der Waals surface area contributed by atoms with Crippen LogP contribution in [0.4, 0.5) is 17.6 Å². The van der Waals surface area contributed by atoms with Crippen molar-refractivity contribution in [3.05, 3.63) is 35.9 Å². The molecule has 0 aliphatic carbocycles. The second kappa shape index (κ2) is 7.53. The van der Waals surface area contributed by atoms with Crippen LogP contribution >= 0.6 is 11.8 Å². The van der Waals surface area contributed by atoms with Gasteiger partial charge in [0, 0.05) is 24.2 Å². The van der Waals surface area contributed by atoms with Crippen LogP contribution in [0.25, 0.3) is 0 Å². The van der Waals surface area contributed by atoms with Crippen molar-refractivity contribution in [1.82, 2.24) is 0 Å².